The van der Waals surface area contributed by atoms with E-state index in [2.05, 4.69) is 50.4 Å². The monoisotopic (exact) mass is 423 g/mol. The second-order valence-corrected chi connectivity index (χ2v) is 20.7. The summed E-state index contributed by atoms with van der Waals surface area (Å²) in [7, 11) is 0. The summed E-state index contributed by atoms with van der Waals surface area (Å²) < 4.78 is 7.95. The molecule has 0 saturated heterocycles. The van der Waals surface area contributed by atoms with Crippen LogP contribution in [0.5, 0.6) is 0 Å². The summed E-state index contributed by atoms with van der Waals surface area (Å²) in [6.07, 6.45) is 8.36. The molecule has 0 bridgehead atoms. The number of rotatable bonds is 10. The molecule has 22 heavy (non-hydrogen) atoms. The molecule has 0 unspecified atom stereocenters. The molecule has 0 amide bonds. The Bertz CT molecular complexity index is 536. The van der Waals surface area contributed by atoms with Crippen LogP contribution in [0.1, 0.15) is 59.3 Å². The Labute approximate surface area is 145 Å². The third kappa shape index (κ3) is 4.29. The Morgan fingerprint density at radius 3 is 2.05 bits per heavy atom. The second-order valence-electron chi connectivity index (χ2n) is 6.67. The van der Waals surface area contributed by atoms with Crippen molar-refractivity contribution in [1.29, 1.82) is 0 Å². The molecule has 0 aliphatic carbocycles. The van der Waals surface area contributed by atoms with Crippen molar-refractivity contribution in [1.82, 2.24) is 0 Å². The van der Waals surface area contributed by atoms with Gasteiger partial charge in [0.15, 0.2) is 0 Å². The van der Waals surface area contributed by atoms with E-state index >= 15 is 0 Å². The molecule has 1 heterocycles. The number of benzene rings is 1. The van der Waals surface area contributed by atoms with E-state index in [9.17, 15) is 0 Å². The van der Waals surface area contributed by atoms with Crippen molar-refractivity contribution < 1.29 is 0 Å². The van der Waals surface area contributed by atoms with Crippen molar-refractivity contribution in [2.75, 3.05) is 0 Å². The molecule has 0 spiro atoms. The summed E-state index contributed by atoms with van der Waals surface area (Å²) in [5.41, 5.74) is 0. The van der Waals surface area contributed by atoms with Gasteiger partial charge in [-0.25, -0.2) is 0 Å². The molecule has 2 aromatic rings. The summed E-state index contributed by atoms with van der Waals surface area (Å²) in [6.45, 7) is 7.07. The average molecular weight is 422 g/mol. The molecule has 0 N–H and O–H groups in total. The van der Waals surface area contributed by atoms with Crippen LogP contribution in [0, 0.1) is 5.38 Å². The van der Waals surface area contributed by atoms with Gasteiger partial charge >= 0.3 is 146 Å². The van der Waals surface area contributed by atoms with Crippen LogP contribution in [0.25, 0.3) is 10.1 Å². The van der Waals surface area contributed by atoms with E-state index in [1.54, 1.807) is 30.0 Å². The molecular formula is C20H31SSn. The first-order chi connectivity index (χ1) is 10.8. The van der Waals surface area contributed by atoms with E-state index in [0.717, 1.165) is 0 Å². The SMILES string of the molecule is CCC[CH2][Sn]([CH2]CCC)([CH2]CCC)[c]1cccc2s[c]cc12. The number of fused-ring (bicyclic) bond motifs is 1. The predicted molar refractivity (Wildman–Crippen MR) is 105 cm³/mol. The Hall–Kier alpha value is -0.0213. The summed E-state index contributed by atoms with van der Waals surface area (Å²) in [5.74, 6) is 0. The predicted octanol–water partition coefficient (Wildman–Crippen LogP) is 6.76. The third-order valence-electron chi connectivity index (χ3n) is 5.04. The van der Waals surface area contributed by atoms with Crippen LogP contribution < -0.4 is 3.58 Å². The molecule has 0 atom stereocenters. The first kappa shape index (κ1) is 18.3. The van der Waals surface area contributed by atoms with Crippen LogP contribution >= 0.6 is 11.3 Å². The first-order valence-electron chi connectivity index (χ1n) is 9.16. The van der Waals surface area contributed by atoms with E-state index in [4.69, 9.17) is 0 Å². The van der Waals surface area contributed by atoms with E-state index < -0.39 is 18.4 Å². The van der Waals surface area contributed by atoms with Crippen molar-refractivity contribution in [2.45, 2.75) is 72.6 Å². The topological polar surface area (TPSA) is 0 Å². The fourth-order valence-corrected chi connectivity index (χ4v) is 21.5. The van der Waals surface area contributed by atoms with Crippen molar-refractivity contribution >= 4 is 43.4 Å². The maximum atomic E-state index is 3.39. The van der Waals surface area contributed by atoms with Crippen molar-refractivity contribution in [2.24, 2.45) is 0 Å². The first-order valence-corrected chi connectivity index (χ1v) is 17.5. The van der Waals surface area contributed by atoms with Crippen molar-refractivity contribution in [3.05, 3.63) is 29.6 Å². The molecule has 0 aliphatic rings. The maximum absolute atomic E-state index is 3.39. The van der Waals surface area contributed by atoms with E-state index in [1.165, 1.54) is 43.2 Å². The van der Waals surface area contributed by atoms with Crippen molar-refractivity contribution in [3.8, 4) is 0 Å². The zero-order valence-electron chi connectivity index (χ0n) is 14.6. The van der Waals surface area contributed by atoms with Gasteiger partial charge in [-0.3, -0.25) is 0 Å². The molecule has 1 aromatic carbocycles. The van der Waals surface area contributed by atoms with E-state index in [1.807, 2.05) is 3.58 Å². The van der Waals surface area contributed by atoms with Gasteiger partial charge in [0, 0.05) is 0 Å². The Kier molecular flexibility index (Phi) is 7.76. The number of thiophene rings is 1. The van der Waals surface area contributed by atoms with Gasteiger partial charge in [0.05, 0.1) is 0 Å². The van der Waals surface area contributed by atoms with Crippen LogP contribution in [-0.2, 0) is 0 Å². The summed E-state index contributed by atoms with van der Waals surface area (Å²) in [5, 5.41) is 4.96. The molecule has 0 nitrogen and oxygen atoms in total. The fraction of sp³-hybridized carbons (Fsp3) is 0.600. The van der Waals surface area contributed by atoms with Gasteiger partial charge in [0.1, 0.15) is 0 Å². The minimum absolute atomic E-state index is 1.35. The Morgan fingerprint density at radius 1 is 0.909 bits per heavy atom. The number of hydrogen-bond donors (Lipinski definition) is 0. The summed E-state index contributed by atoms with van der Waals surface area (Å²) in [4.78, 5) is 0. The van der Waals surface area contributed by atoms with Crippen LogP contribution in [0.4, 0.5) is 0 Å². The van der Waals surface area contributed by atoms with Crippen molar-refractivity contribution in [3.63, 3.8) is 0 Å². The van der Waals surface area contributed by atoms with Gasteiger partial charge in [-0.1, -0.05) is 0 Å². The summed E-state index contributed by atoms with van der Waals surface area (Å²) in [6, 6.07) is 9.39. The molecule has 2 heteroatoms. The van der Waals surface area contributed by atoms with Gasteiger partial charge in [0.2, 0.25) is 0 Å². The normalized spacial score (nSPS) is 12.1. The second kappa shape index (κ2) is 9.32. The Morgan fingerprint density at radius 2 is 1.50 bits per heavy atom. The van der Waals surface area contributed by atoms with Gasteiger partial charge < -0.3 is 0 Å². The van der Waals surface area contributed by atoms with Crippen LogP contribution in [-0.4, -0.2) is 18.4 Å². The molecule has 0 saturated carbocycles. The molecular weight excluding hydrogens is 391 g/mol. The zero-order chi connectivity index (χ0) is 15.8. The molecule has 0 aliphatic heterocycles. The van der Waals surface area contributed by atoms with Gasteiger partial charge in [0.25, 0.3) is 0 Å². The summed E-state index contributed by atoms with van der Waals surface area (Å²) >= 11 is -0.480. The minimum atomic E-state index is -2.28. The van der Waals surface area contributed by atoms with Crippen LogP contribution in [0.15, 0.2) is 24.3 Å². The zero-order valence-corrected chi connectivity index (χ0v) is 18.3. The third-order valence-corrected chi connectivity index (χ3v) is 21.6. The molecule has 1 aromatic heterocycles. The molecule has 121 valence electrons. The van der Waals surface area contributed by atoms with Crippen LogP contribution in [0.3, 0.4) is 0 Å². The van der Waals surface area contributed by atoms with Gasteiger partial charge in [-0.2, -0.15) is 0 Å². The molecule has 1 radical (unpaired) electrons. The molecule has 0 fully saturated rings. The fourth-order valence-electron chi connectivity index (χ4n) is 3.72. The number of unbranched alkanes of at least 4 members (excludes halogenated alkanes) is 3. The van der Waals surface area contributed by atoms with Crippen LogP contribution in [0.2, 0.25) is 13.3 Å². The standard InChI is InChI=1S/C8H4S.3C4H9.Sn/c1-2-4-8-7(3-1)5-6-9-8;3*1-3-4-2;/h1-2,4-5H;3*1,3-4H2,2H3;. The van der Waals surface area contributed by atoms with E-state index in [-0.39, 0.29) is 0 Å². The quantitative estimate of drug-likeness (QED) is 0.371. The van der Waals surface area contributed by atoms with E-state index in [0.29, 0.717) is 0 Å². The average Bonchev–Trinajstić information content (AvgIpc) is 3.03. The van der Waals surface area contributed by atoms with Gasteiger partial charge in [-0.05, 0) is 0 Å². The number of hydrogen-bond acceptors (Lipinski definition) is 1. The van der Waals surface area contributed by atoms with Gasteiger partial charge in [-0.15, -0.1) is 0 Å². The Balaban J connectivity index is 2.45. The molecule has 2 rings (SSSR count).